The average Bonchev–Trinajstić information content (AvgIpc) is 3.05. The lowest BCUT2D eigenvalue weighted by Crippen LogP contribution is -2.59. The molecule has 1 aromatic heterocycles. The molecule has 0 aliphatic carbocycles. The molecule has 0 saturated carbocycles. The Labute approximate surface area is 271 Å². The van der Waals surface area contributed by atoms with Crippen molar-refractivity contribution in [3.63, 3.8) is 0 Å². The number of carbonyl (C=O) groups excluding carboxylic acids is 3. The number of amides is 3. The highest BCUT2D eigenvalue weighted by atomic mass is 19.4. The van der Waals surface area contributed by atoms with Gasteiger partial charge in [-0.1, -0.05) is 50.2 Å². The molecule has 0 radical (unpaired) electrons. The number of aromatic nitrogens is 2. The molecule has 5 N–H and O–H groups in total. The van der Waals surface area contributed by atoms with Gasteiger partial charge in [-0.15, -0.1) is 0 Å². The number of nitrogens with one attached hydrogen (secondary N) is 5. The maximum Gasteiger partial charge on any atom is 0.416 e. The van der Waals surface area contributed by atoms with Crippen LogP contribution in [-0.4, -0.2) is 72.1 Å². The van der Waals surface area contributed by atoms with Crippen LogP contribution in [-0.2, 0) is 33.4 Å². The first-order chi connectivity index (χ1) is 22.5. The standard InChI is InChI=1S/C33H40F3N7O4/c1-21(2)28-31(46)42-26(20-41-32-39-14-7-15-40-32)29(44)38-13-6-10-23-9-3-4-12-27(23)47-17-16-37-25(30(45)43-28)19-22-8-5-11-24(18-22)33(34,35)36/h3-5,7-9,11-12,14-15,18,21,25-26,28,37H,6,10,13,16-17,19-20H2,1-2H3,(H,38,44)(H,42,46)(H,43,45)(H,39,40,41)/t25-,26+,28-/m1/s1. The summed E-state index contributed by atoms with van der Waals surface area (Å²) in [4.78, 5) is 48.8. The van der Waals surface area contributed by atoms with Gasteiger partial charge in [-0.25, -0.2) is 9.97 Å². The van der Waals surface area contributed by atoms with Gasteiger partial charge < -0.3 is 31.3 Å². The maximum atomic E-state index is 13.7. The number of halogens is 3. The Morgan fingerprint density at radius 2 is 1.68 bits per heavy atom. The van der Waals surface area contributed by atoms with Gasteiger partial charge in [-0.05, 0) is 54.5 Å². The molecular weight excluding hydrogens is 615 g/mol. The van der Waals surface area contributed by atoms with E-state index in [0.29, 0.717) is 25.1 Å². The van der Waals surface area contributed by atoms with E-state index in [-0.39, 0.29) is 37.6 Å². The highest BCUT2D eigenvalue weighted by Crippen LogP contribution is 2.29. The van der Waals surface area contributed by atoms with Gasteiger partial charge in [0, 0.05) is 32.0 Å². The molecule has 11 nitrogen and oxygen atoms in total. The molecule has 47 heavy (non-hydrogen) atoms. The van der Waals surface area contributed by atoms with E-state index in [2.05, 4.69) is 36.6 Å². The Balaban J connectivity index is 1.59. The first-order valence-corrected chi connectivity index (χ1v) is 15.5. The number of carbonyl (C=O) groups is 3. The SMILES string of the molecule is CC(C)[C@H]1NC(=O)[C@@H](Cc2cccc(C(F)(F)F)c2)NCCOc2ccccc2CCCNC(=O)[C@H](CNc2ncccn2)NC1=O. The summed E-state index contributed by atoms with van der Waals surface area (Å²) >= 11 is 0. The van der Waals surface area contributed by atoms with Crippen molar-refractivity contribution in [2.75, 3.05) is 31.6 Å². The van der Waals surface area contributed by atoms with E-state index in [9.17, 15) is 27.6 Å². The van der Waals surface area contributed by atoms with Crippen LogP contribution >= 0.6 is 0 Å². The Morgan fingerprint density at radius 3 is 2.43 bits per heavy atom. The number of ether oxygens (including phenoxy) is 1. The number of nitrogens with zero attached hydrogens (tertiary/aromatic N) is 2. The summed E-state index contributed by atoms with van der Waals surface area (Å²) in [5.41, 5.74) is 0.389. The fraction of sp³-hybridized carbons (Fsp3) is 0.424. The van der Waals surface area contributed by atoms with Crippen LogP contribution in [0.25, 0.3) is 0 Å². The van der Waals surface area contributed by atoms with Crippen molar-refractivity contribution in [2.24, 2.45) is 5.92 Å². The molecule has 0 unspecified atom stereocenters. The molecular formula is C33H40F3N7O4. The average molecular weight is 656 g/mol. The minimum Gasteiger partial charge on any atom is -0.492 e. The van der Waals surface area contributed by atoms with Crippen molar-refractivity contribution in [3.05, 3.63) is 83.7 Å². The van der Waals surface area contributed by atoms with E-state index in [1.54, 1.807) is 19.9 Å². The van der Waals surface area contributed by atoms with Gasteiger partial charge in [0.15, 0.2) is 0 Å². The predicted octanol–water partition coefficient (Wildman–Crippen LogP) is 2.88. The molecule has 3 atom stereocenters. The molecule has 4 rings (SSSR count). The third-order valence-electron chi connectivity index (χ3n) is 7.57. The van der Waals surface area contributed by atoms with Crippen molar-refractivity contribution in [2.45, 2.75) is 57.4 Å². The molecule has 3 amide bonds. The van der Waals surface area contributed by atoms with E-state index >= 15 is 0 Å². The second kappa shape index (κ2) is 16.7. The van der Waals surface area contributed by atoms with Gasteiger partial charge in [0.1, 0.15) is 24.4 Å². The smallest absolute Gasteiger partial charge is 0.416 e. The second-order valence-corrected chi connectivity index (χ2v) is 11.5. The Morgan fingerprint density at radius 1 is 0.915 bits per heavy atom. The molecule has 3 aromatic rings. The van der Waals surface area contributed by atoms with Crippen molar-refractivity contribution >= 4 is 23.7 Å². The Kier molecular flexibility index (Phi) is 12.5. The van der Waals surface area contributed by atoms with Gasteiger partial charge in [-0.3, -0.25) is 14.4 Å². The molecule has 2 aromatic carbocycles. The number of para-hydroxylation sites is 1. The highest BCUT2D eigenvalue weighted by molar-refractivity contribution is 5.93. The quantitative estimate of drug-likeness (QED) is 0.273. The number of aryl methyl sites for hydroxylation is 1. The number of hydrogen-bond donors (Lipinski definition) is 5. The highest BCUT2D eigenvalue weighted by Gasteiger charge is 2.33. The van der Waals surface area contributed by atoms with Crippen LogP contribution in [0, 0.1) is 5.92 Å². The summed E-state index contributed by atoms with van der Waals surface area (Å²) in [6, 6.07) is 10.8. The summed E-state index contributed by atoms with van der Waals surface area (Å²) < 4.78 is 46.3. The van der Waals surface area contributed by atoms with Crippen LogP contribution in [0.5, 0.6) is 5.75 Å². The van der Waals surface area contributed by atoms with Crippen LogP contribution in [0.3, 0.4) is 0 Å². The van der Waals surface area contributed by atoms with Crippen LogP contribution < -0.4 is 31.3 Å². The normalized spacial score (nSPS) is 20.5. The zero-order chi connectivity index (χ0) is 33.8. The first-order valence-electron chi connectivity index (χ1n) is 15.5. The van der Waals surface area contributed by atoms with Crippen LogP contribution in [0.2, 0.25) is 0 Å². The minimum atomic E-state index is -4.55. The van der Waals surface area contributed by atoms with Gasteiger partial charge in [0.05, 0.1) is 11.6 Å². The molecule has 0 fully saturated rings. The first kappa shape index (κ1) is 35.1. The Hall–Kier alpha value is -4.72. The molecule has 252 valence electrons. The third kappa shape index (κ3) is 10.7. The lowest BCUT2D eigenvalue weighted by Gasteiger charge is -2.28. The molecule has 0 saturated heterocycles. The number of alkyl halides is 3. The summed E-state index contributed by atoms with van der Waals surface area (Å²) in [6.45, 7) is 4.16. The van der Waals surface area contributed by atoms with Crippen molar-refractivity contribution < 1.29 is 32.3 Å². The molecule has 1 aliphatic heterocycles. The molecule has 0 bridgehead atoms. The topological polar surface area (TPSA) is 146 Å². The fourth-order valence-corrected chi connectivity index (χ4v) is 5.07. The lowest BCUT2D eigenvalue weighted by atomic mass is 9.99. The number of benzene rings is 2. The number of fused-ring (bicyclic) bond motifs is 1. The van der Waals surface area contributed by atoms with E-state index in [1.165, 1.54) is 24.5 Å². The summed E-state index contributed by atoms with van der Waals surface area (Å²) in [7, 11) is 0. The number of rotatable bonds is 6. The predicted molar refractivity (Wildman–Crippen MR) is 169 cm³/mol. The molecule has 1 aliphatic rings. The summed E-state index contributed by atoms with van der Waals surface area (Å²) in [6.07, 6.45) is -0.348. The maximum absolute atomic E-state index is 13.7. The largest absolute Gasteiger partial charge is 0.492 e. The van der Waals surface area contributed by atoms with Crippen molar-refractivity contribution in [1.29, 1.82) is 0 Å². The zero-order valence-corrected chi connectivity index (χ0v) is 26.3. The van der Waals surface area contributed by atoms with E-state index in [0.717, 1.165) is 17.7 Å². The molecule has 14 heteroatoms. The van der Waals surface area contributed by atoms with Crippen LogP contribution in [0.15, 0.2) is 67.0 Å². The third-order valence-corrected chi connectivity index (χ3v) is 7.57. The number of anilines is 1. The van der Waals surface area contributed by atoms with Crippen molar-refractivity contribution in [3.8, 4) is 5.75 Å². The van der Waals surface area contributed by atoms with Crippen LogP contribution in [0.1, 0.15) is 37.0 Å². The summed E-state index contributed by atoms with van der Waals surface area (Å²) in [5, 5.41) is 14.4. The van der Waals surface area contributed by atoms with Gasteiger partial charge >= 0.3 is 6.18 Å². The fourth-order valence-electron chi connectivity index (χ4n) is 5.07. The van der Waals surface area contributed by atoms with E-state index in [4.69, 9.17) is 4.74 Å². The zero-order valence-electron chi connectivity index (χ0n) is 26.3. The molecule has 2 heterocycles. The van der Waals surface area contributed by atoms with Gasteiger partial charge in [0.25, 0.3) is 0 Å². The van der Waals surface area contributed by atoms with Gasteiger partial charge in [-0.2, -0.15) is 13.2 Å². The van der Waals surface area contributed by atoms with Crippen molar-refractivity contribution in [1.82, 2.24) is 31.2 Å². The minimum absolute atomic E-state index is 0.0310. The monoisotopic (exact) mass is 655 g/mol. The molecule has 0 spiro atoms. The van der Waals surface area contributed by atoms with Gasteiger partial charge in [0.2, 0.25) is 23.7 Å². The van der Waals surface area contributed by atoms with Crippen LogP contribution in [0.4, 0.5) is 19.1 Å². The summed E-state index contributed by atoms with van der Waals surface area (Å²) in [5.74, 6) is -1.10. The Bertz CT molecular complexity index is 1490. The lowest BCUT2D eigenvalue weighted by molar-refractivity contribution is -0.137. The van der Waals surface area contributed by atoms with E-state index < -0.39 is 53.5 Å². The number of hydrogen-bond acceptors (Lipinski definition) is 8. The van der Waals surface area contributed by atoms with E-state index in [1.807, 2.05) is 24.3 Å². The second-order valence-electron chi connectivity index (χ2n) is 11.5.